The van der Waals surface area contributed by atoms with E-state index >= 15 is 0 Å². The largest absolute Gasteiger partial charge is 0.484 e. The Morgan fingerprint density at radius 3 is 2.39 bits per heavy atom. The molecule has 0 spiro atoms. The minimum atomic E-state index is -0.157. The molecule has 1 amide bonds. The fraction of sp³-hybridized carbons (Fsp3) is 0.391. The van der Waals surface area contributed by atoms with Crippen LogP contribution in [-0.2, 0) is 14.9 Å². The van der Waals surface area contributed by atoms with E-state index in [1.807, 2.05) is 6.07 Å². The van der Waals surface area contributed by atoms with E-state index in [0.29, 0.717) is 31.1 Å². The Bertz CT molecular complexity index is 823. The topological polar surface area (TPSA) is 64.6 Å². The molecular formula is C23H27NO4. The van der Waals surface area contributed by atoms with Crippen LogP contribution in [0.1, 0.15) is 41.3 Å². The van der Waals surface area contributed by atoms with Gasteiger partial charge in [-0.05, 0) is 62.1 Å². The number of Topliss-reactive ketones (excluding diaryl/α,β-unsaturated/α-hetero) is 1. The molecule has 0 radical (unpaired) electrons. The van der Waals surface area contributed by atoms with Gasteiger partial charge in [-0.25, -0.2) is 0 Å². The minimum absolute atomic E-state index is 0.00209. The van der Waals surface area contributed by atoms with Crippen molar-refractivity contribution in [2.75, 3.05) is 26.4 Å². The average molecular weight is 381 g/mol. The highest BCUT2D eigenvalue weighted by Crippen LogP contribution is 2.36. The lowest BCUT2D eigenvalue weighted by Crippen LogP contribution is -2.46. The molecule has 1 N–H and O–H groups in total. The van der Waals surface area contributed by atoms with Crippen molar-refractivity contribution in [1.29, 1.82) is 0 Å². The maximum Gasteiger partial charge on any atom is 0.257 e. The molecule has 0 atom stereocenters. The van der Waals surface area contributed by atoms with E-state index < -0.39 is 0 Å². The van der Waals surface area contributed by atoms with Crippen LogP contribution in [0.4, 0.5) is 0 Å². The molecule has 5 nitrogen and oxygen atoms in total. The van der Waals surface area contributed by atoms with Crippen molar-refractivity contribution in [3.05, 3.63) is 65.2 Å². The van der Waals surface area contributed by atoms with Gasteiger partial charge in [0, 0.05) is 30.7 Å². The van der Waals surface area contributed by atoms with E-state index in [1.54, 1.807) is 24.3 Å². The monoisotopic (exact) mass is 381 g/mol. The molecule has 5 heteroatoms. The van der Waals surface area contributed by atoms with E-state index in [1.165, 1.54) is 18.1 Å². The number of rotatable bonds is 7. The van der Waals surface area contributed by atoms with Crippen molar-refractivity contribution in [2.24, 2.45) is 0 Å². The number of ether oxygens (including phenoxy) is 2. The fourth-order valence-corrected chi connectivity index (χ4v) is 3.72. The lowest BCUT2D eigenvalue weighted by molar-refractivity contribution is -0.123. The standard InChI is InChI=1S/C23H27NO4/c1-17-5-3-4-6-21(17)23(11-13-27-14-12-23)16-24-22(26)15-28-20-9-7-19(8-10-20)18(2)25/h3-10H,11-16H2,1-2H3,(H,24,26). The number of hydrogen-bond donors (Lipinski definition) is 1. The van der Waals surface area contributed by atoms with Crippen LogP contribution in [0.5, 0.6) is 5.75 Å². The van der Waals surface area contributed by atoms with Crippen LogP contribution in [0.3, 0.4) is 0 Å². The van der Waals surface area contributed by atoms with Gasteiger partial charge in [0.05, 0.1) is 0 Å². The molecule has 28 heavy (non-hydrogen) atoms. The van der Waals surface area contributed by atoms with Gasteiger partial charge in [0.2, 0.25) is 0 Å². The Hall–Kier alpha value is -2.66. The van der Waals surface area contributed by atoms with E-state index in [-0.39, 0.29) is 23.7 Å². The van der Waals surface area contributed by atoms with Gasteiger partial charge in [-0.15, -0.1) is 0 Å². The van der Waals surface area contributed by atoms with Crippen LogP contribution in [0.25, 0.3) is 0 Å². The summed E-state index contributed by atoms with van der Waals surface area (Å²) in [5, 5.41) is 3.05. The van der Waals surface area contributed by atoms with Gasteiger partial charge in [0.1, 0.15) is 5.75 Å². The number of amides is 1. The second-order valence-corrected chi connectivity index (χ2v) is 7.35. The van der Waals surface area contributed by atoms with Crippen LogP contribution in [0.15, 0.2) is 48.5 Å². The summed E-state index contributed by atoms with van der Waals surface area (Å²) in [4.78, 5) is 23.7. The highest BCUT2D eigenvalue weighted by Gasteiger charge is 2.35. The number of carbonyl (C=O) groups excluding carboxylic acids is 2. The third kappa shape index (κ3) is 4.78. The van der Waals surface area contributed by atoms with E-state index in [9.17, 15) is 9.59 Å². The highest BCUT2D eigenvalue weighted by atomic mass is 16.5. The highest BCUT2D eigenvalue weighted by molar-refractivity contribution is 5.94. The predicted octanol–water partition coefficient (Wildman–Crippen LogP) is 3.44. The molecule has 0 aliphatic carbocycles. The quantitative estimate of drug-likeness (QED) is 0.746. The first-order chi connectivity index (χ1) is 13.5. The molecule has 2 aromatic carbocycles. The summed E-state index contributed by atoms with van der Waals surface area (Å²) >= 11 is 0. The Labute approximate surface area is 166 Å². The smallest absolute Gasteiger partial charge is 0.257 e. The maximum absolute atomic E-state index is 12.4. The number of nitrogens with one attached hydrogen (secondary N) is 1. The Balaban J connectivity index is 1.59. The maximum atomic E-state index is 12.4. The minimum Gasteiger partial charge on any atom is -0.484 e. The number of ketones is 1. The molecule has 1 heterocycles. The van der Waals surface area contributed by atoms with Crippen molar-refractivity contribution in [3.8, 4) is 5.75 Å². The molecular weight excluding hydrogens is 354 g/mol. The summed E-state index contributed by atoms with van der Waals surface area (Å²) in [5.74, 6) is 0.414. The molecule has 0 bridgehead atoms. The van der Waals surface area contributed by atoms with Crippen molar-refractivity contribution >= 4 is 11.7 Å². The van der Waals surface area contributed by atoms with Crippen LogP contribution in [0.2, 0.25) is 0 Å². The molecule has 3 rings (SSSR count). The Morgan fingerprint density at radius 1 is 1.07 bits per heavy atom. The number of benzene rings is 2. The molecule has 1 fully saturated rings. The SMILES string of the molecule is CC(=O)c1ccc(OCC(=O)NCC2(c3ccccc3C)CCOCC2)cc1. The zero-order chi connectivity index (χ0) is 20.0. The van der Waals surface area contributed by atoms with E-state index in [0.717, 1.165) is 12.8 Å². The van der Waals surface area contributed by atoms with E-state index in [4.69, 9.17) is 9.47 Å². The Morgan fingerprint density at radius 2 is 1.75 bits per heavy atom. The molecule has 1 aliphatic rings. The van der Waals surface area contributed by atoms with Gasteiger partial charge in [-0.1, -0.05) is 24.3 Å². The van der Waals surface area contributed by atoms with E-state index in [2.05, 4.69) is 30.4 Å². The van der Waals surface area contributed by atoms with Crippen molar-refractivity contribution < 1.29 is 19.1 Å². The van der Waals surface area contributed by atoms with Crippen LogP contribution in [-0.4, -0.2) is 38.1 Å². The molecule has 148 valence electrons. The average Bonchev–Trinajstić information content (AvgIpc) is 2.72. The Kier molecular flexibility index (Phi) is 6.47. The zero-order valence-corrected chi connectivity index (χ0v) is 16.5. The van der Waals surface area contributed by atoms with Gasteiger partial charge in [0.15, 0.2) is 12.4 Å². The summed E-state index contributed by atoms with van der Waals surface area (Å²) in [5.41, 5.74) is 3.03. The number of carbonyl (C=O) groups is 2. The third-order valence-electron chi connectivity index (χ3n) is 5.42. The summed E-state index contributed by atoms with van der Waals surface area (Å²) in [6, 6.07) is 15.2. The third-order valence-corrected chi connectivity index (χ3v) is 5.42. The zero-order valence-electron chi connectivity index (χ0n) is 16.5. The second-order valence-electron chi connectivity index (χ2n) is 7.35. The number of hydrogen-bond acceptors (Lipinski definition) is 4. The van der Waals surface area contributed by atoms with Gasteiger partial charge >= 0.3 is 0 Å². The first kappa shape index (κ1) is 20.1. The first-order valence-corrected chi connectivity index (χ1v) is 9.64. The molecule has 0 unspecified atom stereocenters. The van der Waals surface area contributed by atoms with Crippen LogP contribution in [0, 0.1) is 6.92 Å². The van der Waals surface area contributed by atoms with Crippen molar-refractivity contribution in [3.63, 3.8) is 0 Å². The lowest BCUT2D eigenvalue weighted by Gasteiger charge is -2.39. The summed E-state index contributed by atoms with van der Waals surface area (Å²) in [6.07, 6.45) is 1.76. The molecule has 0 saturated carbocycles. The molecule has 0 aromatic heterocycles. The normalized spacial score (nSPS) is 15.6. The van der Waals surface area contributed by atoms with Gasteiger partial charge in [-0.3, -0.25) is 9.59 Å². The fourth-order valence-electron chi connectivity index (χ4n) is 3.72. The molecule has 1 aliphatic heterocycles. The predicted molar refractivity (Wildman–Crippen MR) is 108 cm³/mol. The molecule has 2 aromatic rings. The summed E-state index contributed by atoms with van der Waals surface area (Å²) < 4.78 is 11.1. The molecule has 1 saturated heterocycles. The summed E-state index contributed by atoms with van der Waals surface area (Å²) in [7, 11) is 0. The van der Waals surface area contributed by atoms with Gasteiger partial charge < -0.3 is 14.8 Å². The second kappa shape index (κ2) is 9.02. The lowest BCUT2D eigenvalue weighted by atomic mass is 9.72. The van der Waals surface area contributed by atoms with Crippen LogP contribution >= 0.6 is 0 Å². The number of aryl methyl sites for hydroxylation is 1. The van der Waals surface area contributed by atoms with Gasteiger partial charge in [-0.2, -0.15) is 0 Å². The first-order valence-electron chi connectivity index (χ1n) is 9.64. The van der Waals surface area contributed by atoms with Crippen LogP contribution < -0.4 is 10.1 Å². The van der Waals surface area contributed by atoms with Crippen molar-refractivity contribution in [2.45, 2.75) is 32.1 Å². The summed E-state index contributed by atoms with van der Waals surface area (Å²) in [6.45, 7) is 5.53. The van der Waals surface area contributed by atoms with Gasteiger partial charge in [0.25, 0.3) is 5.91 Å². The van der Waals surface area contributed by atoms with Crippen molar-refractivity contribution in [1.82, 2.24) is 5.32 Å².